The van der Waals surface area contributed by atoms with E-state index in [0.29, 0.717) is 0 Å². The Hall–Kier alpha value is -6.10. The minimum atomic E-state index is 0. The molecule has 2 heterocycles. The highest BCUT2D eigenvalue weighted by Gasteiger charge is 2.19. The Morgan fingerprint density at radius 3 is 1.35 bits per heavy atom. The van der Waals surface area contributed by atoms with Crippen molar-refractivity contribution >= 4 is 11.3 Å². The molecule has 0 spiro atoms. The fourth-order valence-corrected chi connectivity index (χ4v) is 7.42. The summed E-state index contributed by atoms with van der Waals surface area (Å²) >= 11 is 1.74. The highest BCUT2D eigenvalue weighted by molar-refractivity contribution is 7.10. The third-order valence-electron chi connectivity index (χ3n) is 10.5. The Bertz CT molecular complexity index is 2570. The SMILES string of the molecule is C.CC(C)(C)c1ccc(-c2ccccc2)cc1.CC(C)(C)c1cccc(-c2cccnc2)c1.CC(C)(C)c1cccc(Oc2ccccc2)c1.CC(C)(C)c1nc(-c2ccccc2)cs1. The van der Waals surface area contributed by atoms with Gasteiger partial charge in [-0.05, 0) is 85.5 Å². The topological polar surface area (TPSA) is 35.0 Å². The van der Waals surface area contributed by atoms with E-state index in [1.165, 1.54) is 49.5 Å². The quantitative estimate of drug-likeness (QED) is 0.173. The molecule has 0 unspecified atom stereocenters. The third-order valence-corrected chi connectivity index (χ3v) is 11.7. The van der Waals surface area contributed by atoms with Gasteiger partial charge in [0.25, 0.3) is 0 Å². The van der Waals surface area contributed by atoms with E-state index in [-0.39, 0.29) is 29.1 Å². The van der Waals surface area contributed by atoms with Crippen LogP contribution in [0.15, 0.2) is 194 Å². The lowest BCUT2D eigenvalue weighted by atomic mass is 9.85. The van der Waals surface area contributed by atoms with Gasteiger partial charge in [0.05, 0.1) is 10.7 Å². The van der Waals surface area contributed by atoms with Crippen molar-refractivity contribution in [1.29, 1.82) is 0 Å². The lowest BCUT2D eigenvalue weighted by Crippen LogP contribution is -2.10. The van der Waals surface area contributed by atoms with E-state index < -0.39 is 0 Å². The van der Waals surface area contributed by atoms with Crippen molar-refractivity contribution in [2.75, 3.05) is 0 Å². The molecular weight excluding hydrogens is 809 g/mol. The van der Waals surface area contributed by atoms with Gasteiger partial charge in [0.2, 0.25) is 0 Å². The van der Waals surface area contributed by atoms with Crippen molar-refractivity contribution in [2.45, 2.75) is 112 Å². The lowest BCUT2D eigenvalue weighted by Gasteiger charge is -2.19. The largest absolute Gasteiger partial charge is 0.457 e. The summed E-state index contributed by atoms with van der Waals surface area (Å²) in [6.07, 6.45) is 3.71. The molecule has 338 valence electrons. The summed E-state index contributed by atoms with van der Waals surface area (Å²) in [5, 5.41) is 3.33. The van der Waals surface area contributed by atoms with Crippen LogP contribution < -0.4 is 4.74 Å². The lowest BCUT2D eigenvalue weighted by molar-refractivity contribution is 0.478. The van der Waals surface area contributed by atoms with Crippen molar-refractivity contribution in [3.63, 3.8) is 0 Å². The minimum Gasteiger partial charge on any atom is -0.457 e. The predicted octanol–water partition coefficient (Wildman–Crippen LogP) is 18.2. The number of benzene rings is 6. The van der Waals surface area contributed by atoms with Gasteiger partial charge < -0.3 is 4.74 Å². The monoisotopic (exact) mass is 881 g/mol. The van der Waals surface area contributed by atoms with Crippen LogP contribution in [-0.2, 0) is 21.7 Å². The van der Waals surface area contributed by atoms with Gasteiger partial charge in [-0.25, -0.2) is 4.98 Å². The molecule has 0 radical (unpaired) electrons. The summed E-state index contributed by atoms with van der Waals surface area (Å²) in [6, 6.07) is 60.5. The molecule has 8 aromatic rings. The van der Waals surface area contributed by atoms with Crippen LogP contribution in [0.5, 0.6) is 11.5 Å². The Labute approximate surface area is 396 Å². The fourth-order valence-electron chi connectivity index (χ4n) is 6.50. The van der Waals surface area contributed by atoms with Crippen molar-refractivity contribution in [3.05, 3.63) is 215 Å². The van der Waals surface area contributed by atoms with Gasteiger partial charge in [0.15, 0.2) is 0 Å². The summed E-state index contributed by atoms with van der Waals surface area (Å²) < 4.78 is 5.81. The van der Waals surface area contributed by atoms with E-state index in [2.05, 4.69) is 202 Å². The third kappa shape index (κ3) is 16.4. The fraction of sp³-hybridized carbons (Fsp3) is 0.279. The van der Waals surface area contributed by atoms with Gasteiger partial charge in [-0.15, -0.1) is 11.3 Å². The average Bonchev–Trinajstić information content (AvgIpc) is 3.80. The first kappa shape index (κ1) is 51.5. The van der Waals surface area contributed by atoms with E-state index in [9.17, 15) is 0 Å². The van der Waals surface area contributed by atoms with Crippen LogP contribution in [0.4, 0.5) is 0 Å². The maximum Gasteiger partial charge on any atom is 0.127 e. The predicted molar refractivity (Wildman–Crippen MR) is 284 cm³/mol. The number of ether oxygens (including phenoxy) is 1. The molecule has 3 nitrogen and oxygen atoms in total. The molecule has 0 aliphatic heterocycles. The molecule has 0 atom stereocenters. The van der Waals surface area contributed by atoms with Gasteiger partial charge in [-0.2, -0.15) is 0 Å². The second-order valence-corrected chi connectivity index (χ2v) is 21.0. The molecule has 0 saturated heterocycles. The normalized spacial score (nSPS) is 11.3. The summed E-state index contributed by atoms with van der Waals surface area (Å²) in [6.45, 7) is 26.6. The van der Waals surface area contributed by atoms with E-state index in [4.69, 9.17) is 4.74 Å². The van der Waals surface area contributed by atoms with Gasteiger partial charge in [0.1, 0.15) is 11.5 Å². The zero-order valence-electron chi connectivity index (χ0n) is 40.2. The molecule has 65 heavy (non-hydrogen) atoms. The number of hydrogen-bond acceptors (Lipinski definition) is 4. The van der Waals surface area contributed by atoms with Crippen molar-refractivity contribution < 1.29 is 4.74 Å². The van der Waals surface area contributed by atoms with Crippen LogP contribution >= 0.6 is 11.3 Å². The maximum atomic E-state index is 5.81. The Kier molecular flexibility index (Phi) is 18.4. The van der Waals surface area contributed by atoms with Crippen LogP contribution in [0.2, 0.25) is 0 Å². The van der Waals surface area contributed by atoms with Crippen molar-refractivity contribution in [1.82, 2.24) is 9.97 Å². The molecule has 0 saturated carbocycles. The first-order chi connectivity index (χ1) is 30.3. The number of rotatable bonds is 5. The number of nitrogens with zero attached hydrogens (tertiary/aromatic N) is 2. The second-order valence-electron chi connectivity index (χ2n) is 20.1. The van der Waals surface area contributed by atoms with Gasteiger partial charge in [-0.1, -0.05) is 236 Å². The van der Waals surface area contributed by atoms with Crippen LogP contribution in [0.25, 0.3) is 33.5 Å². The van der Waals surface area contributed by atoms with E-state index >= 15 is 0 Å². The molecule has 0 N–H and O–H groups in total. The molecule has 0 bridgehead atoms. The molecule has 8 rings (SSSR count). The van der Waals surface area contributed by atoms with Gasteiger partial charge in [0, 0.05) is 28.8 Å². The van der Waals surface area contributed by atoms with Crippen molar-refractivity contribution in [3.8, 4) is 45.0 Å². The average molecular weight is 881 g/mol. The molecule has 0 aliphatic carbocycles. The van der Waals surface area contributed by atoms with E-state index in [1.807, 2.05) is 79.0 Å². The van der Waals surface area contributed by atoms with E-state index in [0.717, 1.165) is 17.2 Å². The van der Waals surface area contributed by atoms with Crippen LogP contribution in [-0.4, -0.2) is 9.97 Å². The Morgan fingerprint density at radius 2 is 0.846 bits per heavy atom. The van der Waals surface area contributed by atoms with E-state index in [1.54, 1.807) is 17.5 Å². The molecule has 0 fully saturated rings. The first-order valence-corrected chi connectivity index (χ1v) is 23.2. The zero-order chi connectivity index (χ0) is 46.4. The second kappa shape index (κ2) is 23.2. The Balaban J connectivity index is 0.000000189. The highest BCUT2D eigenvalue weighted by atomic mass is 32.1. The number of para-hydroxylation sites is 1. The maximum absolute atomic E-state index is 5.81. The molecular formula is C61H72N2OS. The molecule has 6 aromatic carbocycles. The molecule has 0 aliphatic rings. The summed E-state index contributed by atoms with van der Waals surface area (Å²) in [5.41, 5.74) is 12.0. The standard InChI is InChI=1S/C16H18O.C16H18.C15H17N.C13H15NS.CH4/c1-16(2,3)13-8-7-11-15(12-13)17-14-9-5-4-6-10-14;1-16(2,3)15-11-9-14(10-12-15)13-7-5-4-6-8-13;1-15(2,3)14-8-4-6-12(10-14)13-7-5-9-16-11-13;1-13(2,3)12-14-11(9-15-12)10-7-5-4-6-8-10;/h4-12H,1-3H3;4-12H,1-3H3;4-11H,1-3H3;4-9H,1-3H3;1H4. The molecule has 4 heteroatoms. The Morgan fingerprint density at radius 1 is 0.385 bits per heavy atom. The number of thiazole rings is 1. The van der Waals surface area contributed by atoms with Crippen LogP contribution in [0, 0.1) is 0 Å². The van der Waals surface area contributed by atoms with Crippen molar-refractivity contribution in [2.24, 2.45) is 0 Å². The van der Waals surface area contributed by atoms with Crippen LogP contribution in [0.3, 0.4) is 0 Å². The summed E-state index contributed by atoms with van der Waals surface area (Å²) in [5.74, 6) is 1.77. The van der Waals surface area contributed by atoms with Gasteiger partial charge in [-0.3, -0.25) is 4.98 Å². The zero-order valence-corrected chi connectivity index (χ0v) is 41.0. The number of aromatic nitrogens is 2. The molecule has 2 aromatic heterocycles. The highest BCUT2D eigenvalue weighted by Crippen LogP contribution is 2.31. The smallest absolute Gasteiger partial charge is 0.127 e. The summed E-state index contributed by atoms with van der Waals surface area (Å²) in [7, 11) is 0. The van der Waals surface area contributed by atoms with Gasteiger partial charge >= 0.3 is 0 Å². The number of hydrogen-bond donors (Lipinski definition) is 0. The molecule has 0 amide bonds. The minimum absolute atomic E-state index is 0. The van der Waals surface area contributed by atoms with Crippen LogP contribution in [0.1, 0.15) is 112 Å². The number of pyridine rings is 1. The first-order valence-electron chi connectivity index (χ1n) is 22.3. The summed E-state index contributed by atoms with van der Waals surface area (Å²) in [4.78, 5) is 8.82.